The zero-order valence-electron chi connectivity index (χ0n) is 18.8. The molecule has 1 saturated heterocycles. The van der Waals surface area contributed by atoms with E-state index in [0.29, 0.717) is 0 Å². The van der Waals surface area contributed by atoms with E-state index in [0.717, 1.165) is 28.0 Å². The monoisotopic (exact) mass is 517 g/mol. The van der Waals surface area contributed by atoms with Gasteiger partial charge in [0.1, 0.15) is 29.6 Å². The first-order valence-corrected chi connectivity index (χ1v) is 11.5. The smallest absolute Gasteiger partial charge is 0.338 e. The van der Waals surface area contributed by atoms with Crippen LogP contribution in [-0.4, -0.2) is 39.7 Å². The first-order valence-electron chi connectivity index (χ1n) is 11.1. The third-order valence-corrected chi connectivity index (χ3v) is 6.74. The second kappa shape index (κ2) is 9.02. The highest BCUT2D eigenvalue weighted by Gasteiger charge is 2.55. The number of ether oxygens (including phenoxy) is 1. The SMILES string of the molecule is N#CCn1c(N2CC(F)(C3CC3)C2)c(-c2ccc(F)c(Cl)c2)c(=O)n(-c2cncc(OCF)c2)c1=O. The molecule has 3 aromatic rings. The van der Waals surface area contributed by atoms with E-state index >= 15 is 4.39 Å². The number of hydrogen-bond donors (Lipinski definition) is 0. The molecule has 8 nitrogen and oxygen atoms in total. The van der Waals surface area contributed by atoms with Crippen molar-refractivity contribution in [2.24, 2.45) is 5.92 Å². The molecule has 0 amide bonds. The Bertz CT molecular complexity index is 1510. The number of nitrogens with zero attached hydrogens (tertiary/aromatic N) is 5. The maximum absolute atomic E-state index is 15.3. The van der Waals surface area contributed by atoms with Crippen molar-refractivity contribution >= 4 is 17.4 Å². The maximum Gasteiger partial charge on any atom is 0.338 e. The predicted octanol–water partition coefficient (Wildman–Crippen LogP) is 3.62. The number of alkyl halides is 2. The number of rotatable bonds is 7. The van der Waals surface area contributed by atoms with Gasteiger partial charge < -0.3 is 9.64 Å². The molecule has 0 spiro atoms. The summed E-state index contributed by atoms with van der Waals surface area (Å²) in [5.41, 5.74) is -3.09. The van der Waals surface area contributed by atoms with Gasteiger partial charge in [-0.1, -0.05) is 17.7 Å². The van der Waals surface area contributed by atoms with Gasteiger partial charge in [0, 0.05) is 6.07 Å². The molecule has 36 heavy (non-hydrogen) atoms. The van der Waals surface area contributed by atoms with Crippen molar-refractivity contribution in [3.05, 3.63) is 68.3 Å². The molecule has 12 heteroatoms. The van der Waals surface area contributed by atoms with E-state index < -0.39 is 36.1 Å². The second-order valence-corrected chi connectivity index (χ2v) is 9.20. The average molecular weight is 518 g/mol. The Morgan fingerprint density at radius 3 is 2.61 bits per heavy atom. The Kier molecular flexibility index (Phi) is 6.00. The molecule has 2 aliphatic rings. The molecular weight excluding hydrogens is 499 g/mol. The van der Waals surface area contributed by atoms with Crippen LogP contribution in [0.25, 0.3) is 16.8 Å². The van der Waals surface area contributed by atoms with Gasteiger partial charge in [0.15, 0.2) is 0 Å². The quantitative estimate of drug-likeness (QED) is 0.475. The Hall–Kier alpha value is -3.78. The molecule has 2 fully saturated rings. The second-order valence-electron chi connectivity index (χ2n) is 8.79. The van der Waals surface area contributed by atoms with Crippen molar-refractivity contribution in [2.75, 3.05) is 24.9 Å². The summed E-state index contributed by atoms with van der Waals surface area (Å²) >= 11 is 6.00. The molecule has 0 bridgehead atoms. The highest BCUT2D eigenvalue weighted by Crippen LogP contribution is 2.49. The molecule has 5 rings (SSSR count). The summed E-state index contributed by atoms with van der Waals surface area (Å²) in [5.74, 6) is -0.784. The van der Waals surface area contributed by atoms with Crippen LogP contribution in [0, 0.1) is 23.1 Å². The fraction of sp³-hybridized carbons (Fsp3) is 0.333. The van der Waals surface area contributed by atoms with Gasteiger partial charge in [0.25, 0.3) is 5.56 Å². The van der Waals surface area contributed by atoms with Gasteiger partial charge in [0.2, 0.25) is 6.86 Å². The molecule has 0 radical (unpaired) electrons. The number of halogens is 4. The Balaban J connectivity index is 1.78. The Morgan fingerprint density at radius 1 is 1.22 bits per heavy atom. The third-order valence-electron chi connectivity index (χ3n) is 6.45. The lowest BCUT2D eigenvalue weighted by Crippen LogP contribution is -2.62. The summed E-state index contributed by atoms with van der Waals surface area (Å²) in [6.45, 7) is -1.73. The minimum Gasteiger partial charge on any atom is -0.461 e. The summed E-state index contributed by atoms with van der Waals surface area (Å²) in [4.78, 5) is 32.8. The number of pyridine rings is 1. The van der Waals surface area contributed by atoms with Gasteiger partial charge in [-0.15, -0.1) is 0 Å². The number of aromatic nitrogens is 3. The first kappa shape index (κ1) is 23.9. The van der Waals surface area contributed by atoms with E-state index in [1.165, 1.54) is 35.5 Å². The van der Waals surface area contributed by atoms with E-state index in [-0.39, 0.29) is 52.4 Å². The van der Waals surface area contributed by atoms with Crippen LogP contribution in [0.2, 0.25) is 5.02 Å². The van der Waals surface area contributed by atoms with E-state index in [1.807, 2.05) is 6.07 Å². The highest BCUT2D eigenvalue weighted by atomic mass is 35.5. The van der Waals surface area contributed by atoms with E-state index in [2.05, 4.69) is 4.98 Å². The van der Waals surface area contributed by atoms with E-state index in [9.17, 15) is 23.6 Å². The molecular formula is C24H19ClF3N5O3. The standard InChI is InChI=1S/C24H19ClF3N5O3/c25-18-7-14(1-4-19(18)27)20-21(31-11-24(28,12-31)15-2-3-15)32(6-5-29)23(35)33(22(20)34)16-8-17(36-13-26)10-30-9-16/h1,4,7-10,15H,2-3,6,11-13H2. The van der Waals surface area contributed by atoms with E-state index in [1.54, 1.807) is 0 Å². The lowest BCUT2D eigenvalue weighted by atomic mass is 9.90. The minimum absolute atomic E-state index is 0.0297. The molecule has 2 aromatic heterocycles. The summed E-state index contributed by atoms with van der Waals surface area (Å²) in [5, 5.41) is 9.23. The lowest BCUT2D eigenvalue weighted by Gasteiger charge is -2.47. The van der Waals surface area contributed by atoms with Crippen LogP contribution in [0.1, 0.15) is 12.8 Å². The fourth-order valence-corrected chi connectivity index (χ4v) is 4.76. The van der Waals surface area contributed by atoms with Crippen LogP contribution in [0.5, 0.6) is 5.75 Å². The summed E-state index contributed by atoms with van der Waals surface area (Å²) < 4.78 is 48.5. The summed E-state index contributed by atoms with van der Waals surface area (Å²) in [6.07, 6.45) is 3.94. The zero-order valence-corrected chi connectivity index (χ0v) is 19.5. The predicted molar refractivity (Wildman–Crippen MR) is 125 cm³/mol. The highest BCUT2D eigenvalue weighted by molar-refractivity contribution is 6.31. The van der Waals surface area contributed by atoms with Crippen LogP contribution in [0.4, 0.5) is 19.0 Å². The van der Waals surface area contributed by atoms with Gasteiger partial charge in [-0.2, -0.15) is 5.26 Å². The topological polar surface area (TPSA) is 93.2 Å². The van der Waals surface area contributed by atoms with Crippen LogP contribution in [0.15, 0.2) is 46.2 Å². The Morgan fingerprint density at radius 2 is 1.97 bits per heavy atom. The van der Waals surface area contributed by atoms with Crippen LogP contribution in [-0.2, 0) is 6.54 Å². The zero-order chi connectivity index (χ0) is 25.6. The molecule has 3 heterocycles. The van der Waals surface area contributed by atoms with Gasteiger partial charge in [-0.3, -0.25) is 14.3 Å². The molecule has 186 valence electrons. The van der Waals surface area contributed by atoms with Crippen LogP contribution in [0.3, 0.4) is 0 Å². The molecule has 1 aliphatic carbocycles. The van der Waals surface area contributed by atoms with Crippen molar-refractivity contribution in [1.29, 1.82) is 5.26 Å². The first-order chi connectivity index (χ1) is 17.3. The normalized spacial score (nSPS) is 16.4. The lowest BCUT2D eigenvalue weighted by molar-refractivity contribution is 0.0918. The van der Waals surface area contributed by atoms with E-state index in [4.69, 9.17) is 16.3 Å². The molecule has 1 saturated carbocycles. The van der Waals surface area contributed by atoms with Crippen LogP contribution >= 0.6 is 11.6 Å². The number of hydrogen-bond acceptors (Lipinski definition) is 6. The van der Waals surface area contributed by atoms with Gasteiger partial charge in [-0.25, -0.2) is 22.5 Å². The summed E-state index contributed by atoms with van der Waals surface area (Å²) in [6, 6.07) is 6.77. The molecule has 0 N–H and O–H groups in total. The van der Waals surface area contributed by atoms with Crippen molar-refractivity contribution in [3.8, 4) is 28.6 Å². The fourth-order valence-electron chi connectivity index (χ4n) is 4.58. The number of benzene rings is 1. The third kappa shape index (κ3) is 4.01. The molecule has 0 atom stereocenters. The molecule has 1 aliphatic heterocycles. The molecule has 1 aromatic carbocycles. The molecule has 0 unspecified atom stereocenters. The Labute approximate surface area is 207 Å². The van der Waals surface area contributed by atoms with Crippen molar-refractivity contribution in [2.45, 2.75) is 25.1 Å². The van der Waals surface area contributed by atoms with Crippen LogP contribution < -0.4 is 20.9 Å². The van der Waals surface area contributed by atoms with Crippen molar-refractivity contribution in [1.82, 2.24) is 14.1 Å². The number of anilines is 1. The van der Waals surface area contributed by atoms with Gasteiger partial charge in [0.05, 0.1) is 47.8 Å². The average Bonchev–Trinajstić information content (AvgIpc) is 3.67. The largest absolute Gasteiger partial charge is 0.461 e. The van der Waals surface area contributed by atoms with Crippen molar-refractivity contribution < 1.29 is 17.9 Å². The summed E-state index contributed by atoms with van der Waals surface area (Å²) in [7, 11) is 0. The van der Waals surface area contributed by atoms with Gasteiger partial charge in [-0.05, 0) is 36.5 Å². The van der Waals surface area contributed by atoms with Gasteiger partial charge >= 0.3 is 5.69 Å². The minimum atomic E-state index is -1.46. The maximum atomic E-state index is 15.3. The number of nitriles is 1. The van der Waals surface area contributed by atoms with Crippen molar-refractivity contribution in [3.63, 3.8) is 0 Å².